The molecule has 1 atom stereocenters. The number of nitrogens with one attached hydrogen (secondary N) is 1. The highest BCUT2D eigenvalue weighted by Gasteiger charge is 2.23. The number of hydrogen-bond acceptors (Lipinski definition) is 6. The van der Waals surface area contributed by atoms with E-state index in [1.54, 1.807) is 0 Å². The summed E-state index contributed by atoms with van der Waals surface area (Å²) < 4.78 is 9.56. The molecule has 1 rings (SSSR count). The van der Waals surface area contributed by atoms with Crippen LogP contribution in [0.25, 0.3) is 0 Å². The van der Waals surface area contributed by atoms with Gasteiger partial charge in [-0.25, -0.2) is 4.79 Å². The quantitative estimate of drug-likeness (QED) is 0.332. The summed E-state index contributed by atoms with van der Waals surface area (Å²) in [5, 5.41) is 2.54. The molecule has 0 aromatic rings. The third-order valence-corrected chi connectivity index (χ3v) is 2.52. The number of ether oxygens (including phenoxy) is 2. The zero-order valence-electron chi connectivity index (χ0n) is 11.5. The SMILES string of the molecule is CC(OCCNC(=O)CCN1C(=O)C=CC1=O)OC(N)=O. The van der Waals surface area contributed by atoms with Crippen LogP contribution in [-0.2, 0) is 23.9 Å². The van der Waals surface area contributed by atoms with Crippen molar-refractivity contribution in [2.45, 2.75) is 19.6 Å². The van der Waals surface area contributed by atoms with E-state index in [0.29, 0.717) is 0 Å². The minimum absolute atomic E-state index is 0.00645. The van der Waals surface area contributed by atoms with Gasteiger partial charge in [-0.1, -0.05) is 0 Å². The molecular formula is C12H17N3O6. The standard InChI is InChI=1S/C12H17N3O6/c1-8(21-12(13)19)20-7-5-14-9(16)4-6-15-10(17)2-3-11(15)18/h2-3,8H,4-7H2,1H3,(H2,13,19)(H,14,16). The van der Waals surface area contributed by atoms with Crippen LogP contribution >= 0.6 is 0 Å². The first kappa shape index (κ1) is 16.6. The predicted octanol–water partition coefficient (Wildman–Crippen LogP) is -1.12. The smallest absolute Gasteiger partial charge is 0.406 e. The van der Waals surface area contributed by atoms with E-state index < -0.39 is 24.2 Å². The molecule has 0 fully saturated rings. The Morgan fingerprint density at radius 3 is 2.52 bits per heavy atom. The molecule has 0 aromatic carbocycles. The monoisotopic (exact) mass is 299 g/mol. The summed E-state index contributed by atoms with van der Waals surface area (Å²) >= 11 is 0. The fourth-order valence-electron chi connectivity index (χ4n) is 1.57. The molecule has 4 amide bonds. The average Bonchev–Trinajstić information content (AvgIpc) is 2.71. The van der Waals surface area contributed by atoms with Gasteiger partial charge in [0.1, 0.15) is 0 Å². The predicted molar refractivity (Wildman–Crippen MR) is 69.6 cm³/mol. The number of imide groups is 1. The van der Waals surface area contributed by atoms with Crippen molar-refractivity contribution in [1.82, 2.24) is 10.2 Å². The van der Waals surface area contributed by atoms with Crippen LogP contribution < -0.4 is 11.1 Å². The van der Waals surface area contributed by atoms with E-state index in [2.05, 4.69) is 10.1 Å². The topological polar surface area (TPSA) is 128 Å². The van der Waals surface area contributed by atoms with Gasteiger partial charge >= 0.3 is 6.09 Å². The number of rotatable bonds is 8. The molecule has 3 N–H and O–H groups in total. The normalized spacial score (nSPS) is 15.2. The summed E-state index contributed by atoms with van der Waals surface area (Å²) in [7, 11) is 0. The first-order valence-corrected chi connectivity index (χ1v) is 6.28. The van der Waals surface area contributed by atoms with E-state index in [1.807, 2.05) is 0 Å². The maximum atomic E-state index is 11.5. The van der Waals surface area contributed by atoms with Crippen LogP contribution in [0.1, 0.15) is 13.3 Å². The number of hydrogen-bond donors (Lipinski definition) is 2. The Labute approximate surface area is 121 Å². The van der Waals surface area contributed by atoms with Crippen LogP contribution in [0.15, 0.2) is 12.2 Å². The number of primary amides is 1. The lowest BCUT2D eigenvalue weighted by molar-refractivity contribution is -0.137. The zero-order valence-corrected chi connectivity index (χ0v) is 11.5. The summed E-state index contributed by atoms with van der Waals surface area (Å²) in [4.78, 5) is 45.4. The van der Waals surface area contributed by atoms with E-state index >= 15 is 0 Å². The largest absolute Gasteiger partial charge is 0.420 e. The molecule has 0 bridgehead atoms. The fourth-order valence-corrected chi connectivity index (χ4v) is 1.57. The third kappa shape index (κ3) is 6.04. The summed E-state index contributed by atoms with van der Waals surface area (Å²) in [5.74, 6) is -1.17. The van der Waals surface area contributed by atoms with Crippen molar-refractivity contribution in [2.75, 3.05) is 19.7 Å². The number of carbonyl (C=O) groups is 4. The molecule has 1 aliphatic rings. The van der Waals surface area contributed by atoms with Crippen LogP contribution in [0, 0.1) is 0 Å². The zero-order chi connectivity index (χ0) is 15.8. The van der Waals surface area contributed by atoms with Gasteiger partial charge in [0, 0.05) is 31.7 Å². The van der Waals surface area contributed by atoms with Gasteiger partial charge in [-0.3, -0.25) is 19.3 Å². The summed E-state index contributed by atoms with van der Waals surface area (Å²) in [5.41, 5.74) is 4.79. The Bertz CT molecular complexity index is 444. The van der Waals surface area contributed by atoms with E-state index in [4.69, 9.17) is 10.5 Å². The summed E-state index contributed by atoms with van der Waals surface area (Å²) in [6.45, 7) is 1.84. The van der Waals surface area contributed by atoms with Crippen LogP contribution in [0.4, 0.5) is 4.79 Å². The first-order valence-electron chi connectivity index (χ1n) is 6.28. The lowest BCUT2D eigenvalue weighted by Crippen LogP contribution is -2.36. The van der Waals surface area contributed by atoms with Crippen LogP contribution in [0.2, 0.25) is 0 Å². The molecule has 0 saturated heterocycles. The van der Waals surface area contributed by atoms with Crippen molar-refractivity contribution in [3.63, 3.8) is 0 Å². The Hall–Kier alpha value is -2.42. The van der Waals surface area contributed by atoms with Gasteiger partial charge in [0.25, 0.3) is 11.8 Å². The van der Waals surface area contributed by atoms with Crippen molar-refractivity contribution >= 4 is 23.8 Å². The molecule has 1 aliphatic heterocycles. The van der Waals surface area contributed by atoms with Gasteiger partial charge in [0.15, 0.2) is 0 Å². The fraction of sp³-hybridized carbons (Fsp3) is 0.500. The van der Waals surface area contributed by atoms with Gasteiger partial charge in [0.05, 0.1) is 6.61 Å². The maximum absolute atomic E-state index is 11.5. The number of nitrogens with zero attached hydrogens (tertiary/aromatic N) is 1. The Morgan fingerprint density at radius 2 is 1.95 bits per heavy atom. The van der Waals surface area contributed by atoms with Gasteiger partial charge in [-0.05, 0) is 6.92 Å². The average molecular weight is 299 g/mol. The van der Waals surface area contributed by atoms with Crippen molar-refractivity contribution in [1.29, 1.82) is 0 Å². The molecule has 9 nitrogen and oxygen atoms in total. The van der Waals surface area contributed by atoms with Gasteiger partial charge in [0.2, 0.25) is 12.2 Å². The minimum atomic E-state index is -0.944. The Morgan fingerprint density at radius 1 is 1.33 bits per heavy atom. The second-order valence-electron chi connectivity index (χ2n) is 4.14. The molecule has 116 valence electrons. The van der Waals surface area contributed by atoms with E-state index in [-0.39, 0.29) is 32.0 Å². The van der Waals surface area contributed by atoms with Crippen molar-refractivity contribution in [2.24, 2.45) is 5.73 Å². The summed E-state index contributed by atoms with van der Waals surface area (Å²) in [6.07, 6.45) is 0.583. The molecule has 0 spiro atoms. The van der Waals surface area contributed by atoms with E-state index in [0.717, 1.165) is 17.1 Å². The van der Waals surface area contributed by atoms with E-state index in [9.17, 15) is 19.2 Å². The van der Waals surface area contributed by atoms with Crippen LogP contribution in [0.3, 0.4) is 0 Å². The van der Waals surface area contributed by atoms with Gasteiger partial charge < -0.3 is 20.5 Å². The third-order valence-electron chi connectivity index (χ3n) is 2.52. The molecule has 0 saturated carbocycles. The molecule has 0 aromatic heterocycles. The van der Waals surface area contributed by atoms with Crippen LogP contribution in [0.5, 0.6) is 0 Å². The Kier molecular flexibility index (Phi) is 6.34. The highest BCUT2D eigenvalue weighted by atomic mass is 16.7. The molecule has 1 unspecified atom stereocenters. The van der Waals surface area contributed by atoms with Gasteiger partial charge in [-0.2, -0.15) is 0 Å². The van der Waals surface area contributed by atoms with Crippen molar-refractivity contribution in [3.05, 3.63) is 12.2 Å². The lowest BCUT2D eigenvalue weighted by atomic mass is 10.3. The highest BCUT2D eigenvalue weighted by molar-refractivity contribution is 6.13. The summed E-state index contributed by atoms with van der Waals surface area (Å²) in [6, 6.07) is 0. The minimum Gasteiger partial charge on any atom is -0.420 e. The molecule has 0 radical (unpaired) electrons. The molecule has 1 heterocycles. The molecule has 0 aliphatic carbocycles. The van der Waals surface area contributed by atoms with E-state index in [1.165, 1.54) is 6.92 Å². The second-order valence-corrected chi connectivity index (χ2v) is 4.14. The molecule has 21 heavy (non-hydrogen) atoms. The maximum Gasteiger partial charge on any atom is 0.406 e. The van der Waals surface area contributed by atoms with Crippen LogP contribution in [-0.4, -0.2) is 54.7 Å². The highest BCUT2D eigenvalue weighted by Crippen LogP contribution is 2.03. The van der Waals surface area contributed by atoms with Crippen molar-refractivity contribution in [3.8, 4) is 0 Å². The lowest BCUT2D eigenvalue weighted by Gasteiger charge is -2.14. The van der Waals surface area contributed by atoms with Crippen molar-refractivity contribution < 1.29 is 28.7 Å². The Balaban J connectivity index is 2.10. The number of amides is 4. The molecule has 9 heteroatoms. The number of nitrogens with two attached hydrogens (primary N) is 1. The number of carbonyl (C=O) groups excluding carboxylic acids is 4. The van der Waals surface area contributed by atoms with Gasteiger partial charge in [-0.15, -0.1) is 0 Å². The molecular weight excluding hydrogens is 282 g/mol. The first-order chi connectivity index (χ1) is 9.90. The second kappa shape index (κ2) is 8.00.